The molecule has 3 aromatic rings. The van der Waals surface area contributed by atoms with Gasteiger partial charge in [0.05, 0.1) is 17.3 Å². The number of hydrogen-bond donors (Lipinski definition) is 2. The zero-order valence-electron chi connectivity index (χ0n) is 15.9. The lowest BCUT2D eigenvalue weighted by molar-refractivity contribution is -0.123. The molecule has 2 aromatic carbocycles. The minimum Gasteiger partial charge on any atom is -0.354 e. The molecular formula is C21H21FN4O3. The molecule has 1 heterocycles. The number of aryl methyl sites for hydroxylation is 1. The molecule has 7 nitrogen and oxygen atoms in total. The van der Waals surface area contributed by atoms with Gasteiger partial charge in [-0.2, -0.15) is 0 Å². The zero-order valence-corrected chi connectivity index (χ0v) is 15.9. The van der Waals surface area contributed by atoms with Crippen molar-refractivity contribution in [2.75, 3.05) is 13.1 Å². The van der Waals surface area contributed by atoms with Crippen molar-refractivity contribution >= 4 is 22.7 Å². The van der Waals surface area contributed by atoms with Gasteiger partial charge in [-0.15, -0.1) is 0 Å². The van der Waals surface area contributed by atoms with Crippen LogP contribution >= 0.6 is 0 Å². The topological polar surface area (TPSA) is 93.1 Å². The van der Waals surface area contributed by atoms with Crippen molar-refractivity contribution in [1.82, 2.24) is 20.2 Å². The van der Waals surface area contributed by atoms with E-state index in [1.54, 1.807) is 43.3 Å². The number of halogens is 1. The highest BCUT2D eigenvalue weighted by Gasteiger charge is 2.11. The van der Waals surface area contributed by atoms with Crippen LogP contribution in [0.3, 0.4) is 0 Å². The van der Waals surface area contributed by atoms with Crippen molar-refractivity contribution in [3.8, 4) is 0 Å². The first-order valence-corrected chi connectivity index (χ1v) is 9.18. The molecule has 0 fully saturated rings. The number of para-hydroxylation sites is 1. The molecule has 2 N–H and O–H groups in total. The molecule has 0 atom stereocenters. The van der Waals surface area contributed by atoms with E-state index < -0.39 is 0 Å². The van der Waals surface area contributed by atoms with E-state index in [2.05, 4.69) is 15.6 Å². The fourth-order valence-corrected chi connectivity index (χ4v) is 2.92. The van der Waals surface area contributed by atoms with Crippen molar-refractivity contribution in [3.63, 3.8) is 0 Å². The van der Waals surface area contributed by atoms with Crippen molar-refractivity contribution in [3.05, 3.63) is 76.1 Å². The molecule has 1 aromatic heterocycles. The maximum atomic E-state index is 12.9. The standard InChI is InChI=1S/C21H21FN4O3/c1-14-25-18-5-3-2-4-17(18)21(29)26(14)13-20(28)24-11-10-23-19(27)12-15-6-8-16(22)9-7-15/h2-9H,10-13H2,1H3,(H,23,27)(H,24,28). The second kappa shape index (κ2) is 9.09. The molecule has 2 amide bonds. The summed E-state index contributed by atoms with van der Waals surface area (Å²) in [6.07, 6.45) is 0.131. The number of nitrogens with zero attached hydrogens (tertiary/aromatic N) is 2. The average molecular weight is 396 g/mol. The second-order valence-corrected chi connectivity index (χ2v) is 6.57. The van der Waals surface area contributed by atoms with Gasteiger partial charge in [0, 0.05) is 13.1 Å². The Morgan fingerprint density at radius 1 is 1.00 bits per heavy atom. The molecule has 29 heavy (non-hydrogen) atoms. The monoisotopic (exact) mass is 396 g/mol. The molecular weight excluding hydrogens is 375 g/mol. The molecule has 0 aliphatic heterocycles. The summed E-state index contributed by atoms with van der Waals surface area (Å²) in [7, 11) is 0. The lowest BCUT2D eigenvalue weighted by atomic mass is 10.1. The third-order valence-corrected chi connectivity index (χ3v) is 4.40. The normalized spacial score (nSPS) is 10.7. The summed E-state index contributed by atoms with van der Waals surface area (Å²) in [5.74, 6) is -0.471. The van der Waals surface area contributed by atoms with Gasteiger partial charge in [-0.25, -0.2) is 9.37 Å². The number of rotatable bonds is 7. The van der Waals surface area contributed by atoms with Gasteiger partial charge >= 0.3 is 0 Å². The Labute approximate surface area is 166 Å². The van der Waals surface area contributed by atoms with Gasteiger partial charge in [0.2, 0.25) is 11.8 Å². The predicted molar refractivity (Wildman–Crippen MR) is 107 cm³/mol. The first-order valence-electron chi connectivity index (χ1n) is 9.18. The summed E-state index contributed by atoms with van der Waals surface area (Å²) in [5, 5.41) is 5.81. The highest BCUT2D eigenvalue weighted by atomic mass is 19.1. The molecule has 3 rings (SSSR count). The summed E-state index contributed by atoms with van der Waals surface area (Å²) in [5.41, 5.74) is 1.03. The first-order chi connectivity index (χ1) is 13.9. The Balaban J connectivity index is 1.48. The largest absolute Gasteiger partial charge is 0.354 e. The Morgan fingerprint density at radius 3 is 2.38 bits per heavy atom. The van der Waals surface area contributed by atoms with Gasteiger partial charge in [-0.3, -0.25) is 19.0 Å². The first kappa shape index (κ1) is 20.2. The average Bonchev–Trinajstić information content (AvgIpc) is 2.70. The van der Waals surface area contributed by atoms with Crippen LogP contribution in [0.15, 0.2) is 53.3 Å². The van der Waals surface area contributed by atoms with Crippen LogP contribution < -0.4 is 16.2 Å². The fourth-order valence-electron chi connectivity index (χ4n) is 2.92. The number of carbonyl (C=O) groups is 2. The van der Waals surface area contributed by atoms with E-state index >= 15 is 0 Å². The SMILES string of the molecule is Cc1nc2ccccc2c(=O)n1CC(=O)NCCNC(=O)Cc1ccc(F)cc1. The van der Waals surface area contributed by atoms with Gasteiger partial charge < -0.3 is 10.6 Å². The molecule has 0 unspecified atom stereocenters. The molecule has 0 saturated carbocycles. The Hall–Kier alpha value is -3.55. The van der Waals surface area contributed by atoms with Gasteiger partial charge in [0.25, 0.3) is 5.56 Å². The Morgan fingerprint density at radius 2 is 1.66 bits per heavy atom. The summed E-state index contributed by atoms with van der Waals surface area (Å²) < 4.78 is 14.2. The number of hydrogen-bond acceptors (Lipinski definition) is 4. The molecule has 0 radical (unpaired) electrons. The van der Waals surface area contributed by atoms with Crippen LogP contribution in [0.2, 0.25) is 0 Å². The Kier molecular flexibility index (Phi) is 6.33. The Bertz CT molecular complexity index is 1090. The van der Waals surface area contributed by atoms with Crippen molar-refractivity contribution in [2.45, 2.75) is 19.9 Å². The van der Waals surface area contributed by atoms with Crippen molar-refractivity contribution in [2.24, 2.45) is 0 Å². The van der Waals surface area contributed by atoms with Crippen LogP contribution in [0, 0.1) is 12.7 Å². The molecule has 0 aliphatic rings. The smallest absolute Gasteiger partial charge is 0.261 e. The van der Waals surface area contributed by atoms with Crippen LogP contribution in [0.1, 0.15) is 11.4 Å². The quantitative estimate of drug-likeness (QED) is 0.589. The fraction of sp³-hybridized carbons (Fsp3) is 0.238. The maximum absolute atomic E-state index is 12.9. The van der Waals surface area contributed by atoms with Gasteiger partial charge in [0.1, 0.15) is 18.2 Å². The molecule has 0 saturated heterocycles. The molecule has 150 valence electrons. The summed E-state index contributed by atoms with van der Waals surface area (Å²) >= 11 is 0. The van der Waals surface area contributed by atoms with Crippen LogP contribution in [0.25, 0.3) is 10.9 Å². The minimum absolute atomic E-state index is 0.131. The lowest BCUT2D eigenvalue weighted by Crippen LogP contribution is -2.38. The van der Waals surface area contributed by atoms with Crippen LogP contribution in [0.4, 0.5) is 4.39 Å². The number of nitrogens with one attached hydrogen (secondary N) is 2. The zero-order chi connectivity index (χ0) is 20.8. The van der Waals surface area contributed by atoms with Crippen LogP contribution in [-0.2, 0) is 22.6 Å². The van der Waals surface area contributed by atoms with Gasteiger partial charge in [-0.05, 0) is 36.8 Å². The lowest BCUT2D eigenvalue weighted by Gasteiger charge is -2.11. The summed E-state index contributed by atoms with van der Waals surface area (Å²) in [4.78, 5) is 41.0. The highest BCUT2D eigenvalue weighted by molar-refractivity contribution is 5.80. The number of benzene rings is 2. The van der Waals surface area contributed by atoms with Gasteiger partial charge in [-0.1, -0.05) is 24.3 Å². The van der Waals surface area contributed by atoms with E-state index in [9.17, 15) is 18.8 Å². The maximum Gasteiger partial charge on any atom is 0.261 e. The van der Waals surface area contributed by atoms with E-state index in [0.29, 0.717) is 22.3 Å². The van der Waals surface area contributed by atoms with Crippen molar-refractivity contribution < 1.29 is 14.0 Å². The van der Waals surface area contributed by atoms with E-state index in [0.717, 1.165) is 0 Å². The number of fused-ring (bicyclic) bond motifs is 1. The number of amides is 2. The van der Waals surface area contributed by atoms with E-state index in [1.165, 1.54) is 16.7 Å². The van der Waals surface area contributed by atoms with E-state index in [-0.39, 0.29) is 49.2 Å². The number of carbonyl (C=O) groups excluding carboxylic acids is 2. The summed E-state index contributed by atoms with van der Waals surface area (Å²) in [6.45, 7) is 2.00. The second-order valence-electron chi connectivity index (χ2n) is 6.57. The number of aromatic nitrogens is 2. The van der Waals surface area contributed by atoms with Gasteiger partial charge in [0.15, 0.2) is 0 Å². The molecule has 0 bridgehead atoms. The predicted octanol–water partition coefficient (Wildman–Crippen LogP) is 1.32. The van der Waals surface area contributed by atoms with Crippen LogP contribution in [-0.4, -0.2) is 34.5 Å². The van der Waals surface area contributed by atoms with E-state index in [1.807, 2.05) is 0 Å². The molecule has 8 heteroatoms. The van der Waals surface area contributed by atoms with Crippen LogP contribution in [0.5, 0.6) is 0 Å². The third-order valence-electron chi connectivity index (χ3n) is 4.40. The van der Waals surface area contributed by atoms with E-state index in [4.69, 9.17) is 0 Å². The molecule has 0 aliphatic carbocycles. The minimum atomic E-state index is -0.354. The third kappa shape index (κ3) is 5.25. The van der Waals surface area contributed by atoms with Crippen molar-refractivity contribution in [1.29, 1.82) is 0 Å². The summed E-state index contributed by atoms with van der Waals surface area (Å²) in [6, 6.07) is 12.7. The highest BCUT2D eigenvalue weighted by Crippen LogP contribution is 2.07. The molecule has 0 spiro atoms.